The lowest BCUT2D eigenvalue weighted by Gasteiger charge is -2.26. The molecule has 7 nitrogen and oxygen atoms in total. The molecule has 1 amide bonds. The topological polar surface area (TPSA) is 84.7 Å². The molecule has 0 unspecified atom stereocenters. The van der Waals surface area contributed by atoms with Crippen molar-refractivity contribution in [2.24, 2.45) is 5.41 Å². The molecule has 2 fully saturated rings. The van der Waals surface area contributed by atoms with Crippen LogP contribution in [-0.4, -0.2) is 30.7 Å². The third-order valence-electron chi connectivity index (χ3n) is 4.76. The van der Waals surface area contributed by atoms with Gasteiger partial charge in [-0.2, -0.15) is 0 Å². The fourth-order valence-electron chi connectivity index (χ4n) is 3.33. The van der Waals surface area contributed by atoms with E-state index in [1.54, 1.807) is 6.07 Å². The molecule has 124 valence electrons. The van der Waals surface area contributed by atoms with Crippen LogP contribution in [0.5, 0.6) is 0 Å². The molecule has 1 heterocycles. The molecule has 7 heteroatoms. The highest BCUT2D eigenvalue weighted by Crippen LogP contribution is 2.39. The van der Waals surface area contributed by atoms with Gasteiger partial charge >= 0.3 is 6.09 Å². The van der Waals surface area contributed by atoms with Gasteiger partial charge in [-0.25, -0.2) is 4.79 Å². The van der Waals surface area contributed by atoms with Crippen LogP contribution in [0.2, 0.25) is 0 Å². The molecule has 1 N–H and O–H groups in total. The number of amides is 1. The van der Waals surface area contributed by atoms with Gasteiger partial charge in [0.2, 0.25) is 0 Å². The third kappa shape index (κ3) is 3.23. The van der Waals surface area contributed by atoms with E-state index in [1.165, 1.54) is 42.7 Å². The average molecular weight is 319 g/mol. The number of hydrogen-bond acceptors (Lipinski definition) is 5. The van der Waals surface area contributed by atoms with Gasteiger partial charge in [0.1, 0.15) is 6.61 Å². The van der Waals surface area contributed by atoms with Crippen molar-refractivity contribution in [3.8, 4) is 0 Å². The molecule has 1 saturated carbocycles. The largest absolute Gasteiger partial charge is 0.447 e. The predicted octanol–water partition coefficient (Wildman–Crippen LogP) is 3.54. The Morgan fingerprint density at radius 3 is 2.74 bits per heavy atom. The number of non-ortho nitro benzene ring substituents is 1. The van der Waals surface area contributed by atoms with Crippen LogP contribution in [0.4, 0.5) is 21.9 Å². The molecule has 0 atom stereocenters. The standard InChI is InChI=1S/C16H21N3O4/c1-16(6-2-3-7-16)11-17-13-5-4-12(19(21)22)10-14(13)18-8-9-23-15(18)20/h4-5,10,17H,2-3,6-9,11H2,1H3. The van der Waals surface area contributed by atoms with Crippen molar-refractivity contribution in [3.05, 3.63) is 28.3 Å². The van der Waals surface area contributed by atoms with E-state index in [-0.39, 0.29) is 11.1 Å². The number of anilines is 2. The lowest BCUT2D eigenvalue weighted by molar-refractivity contribution is -0.384. The van der Waals surface area contributed by atoms with Gasteiger partial charge in [0, 0.05) is 18.7 Å². The Hall–Kier alpha value is -2.31. The summed E-state index contributed by atoms with van der Waals surface area (Å²) in [5.74, 6) is 0. The Kier molecular flexibility index (Phi) is 4.11. The maximum atomic E-state index is 11.8. The van der Waals surface area contributed by atoms with Crippen LogP contribution >= 0.6 is 0 Å². The Labute approximate surface area is 134 Å². The van der Waals surface area contributed by atoms with Crippen molar-refractivity contribution in [2.75, 3.05) is 29.9 Å². The summed E-state index contributed by atoms with van der Waals surface area (Å²) >= 11 is 0. The number of rotatable bonds is 5. The normalized spacial score (nSPS) is 19.7. The van der Waals surface area contributed by atoms with Gasteiger partial charge in [0.05, 0.1) is 22.8 Å². The zero-order valence-electron chi connectivity index (χ0n) is 13.2. The Balaban J connectivity index is 1.85. The van der Waals surface area contributed by atoms with Gasteiger partial charge < -0.3 is 10.1 Å². The predicted molar refractivity (Wildman–Crippen MR) is 86.9 cm³/mol. The lowest BCUT2D eigenvalue weighted by atomic mass is 9.89. The molecule has 1 aromatic carbocycles. The molecule has 1 aliphatic heterocycles. The molecule has 0 bridgehead atoms. The second-order valence-corrected chi connectivity index (χ2v) is 6.60. The van der Waals surface area contributed by atoms with Crippen molar-refractivity contribution in [3.63, 3.8) is 0 Å². The maximum Gasteiger partial charge on any atom is 0.414 e. The second-order valence-electron chi connectivity index (χ2n) is 6.60. The van der Waals surface area contributed by atoms with Gasteiger partial charge in [0.25, 0.3) is 5.69 Å². The molecule has 3 rings (SSSR count). The first-order valence-corrected chi connectivity index (χ1v) is 7.95. The van der Waals surface area contributed by atoms with Crippen molar-refractivity contribution < 1.29 is 14.5 Å². The Morgan fingerprint density at radius 1 is 1.39 bits per heavy atom. The molecule has 0 radical (unpaired) electrons. The first-order valence-electron chi connectivity index (χ1n) is 7.95. The molecule has 0 spiro atoms. The number of benzene rings is 1. The summed E-state index contributed by atoms with van der Waals surface area (Å²) in [7, 11) is 0. The highest BCUT2D eigenvalue weighted by Gasteiger charge is 2.30. The van der Waals surface area contributed by atoms with Crippen LogP contribution in [-0.2, 0) is 4.74 Å². The summed E-state index contributed by atoms with van der Waals surface area (Å²) in [5.41, 5.74) is 1.47. The highest BCUT2D eigenvalue weighted by molar-refractivity contribution is 5.94. The van der Waals surface area contributed by atoms with Crippen molar-refractivity contribution in [1.29, 1.82) is 0 Å². The number of nitrogens with one attached hydrogen (secondary N) is 1. The van der Waals surface area contributed by atoms with E-state index in [0.29, 0.717) is 18.8 Å². The number of cyclic esters (lactones) is 1. The van der Waals surface area contributed by atoms with Gasteiger partial charge in [-0.3, -0.25) is 15.0 Å². The van der Waals surface area contributed by atoms with Gasteiger partial charge in [-0.15, -0.1) is 0 Å². The van der Waals surface area contributed by atoms with Gasteiger partial charge in [0.15, 0.2) is 0 Å². The molecular formula is C16H21N3O4. The first kappa shape index (κ1) is 15.6. The minimum Gasteiger partial charge on any atom is -0.447 e. The summed E-state index contributed by atoms with van der Waals surface area (Å²) in [6, 6.07) is 4.58. The smallest absolute Gasteiger partial charge is 0.414 e. The Morgan fingerprint density at radius 2 is 2.13 bits per heavy atom. The molecule has 23 heavy (non-hydrogen) atoms. The van der Waals surface area contributed by atoms with Crippen LogP contribution in [0.25, 0.3) is 0 Å². The average Bonchev–Trinajstić information content (AvgIpc) is 3.14. The molecule has 1 aliphatic carbocycles. The van der Waals surface area contributed by atoms with E-state index in [4.69, 9.17) is 4.74 Å². The summed E-state index contributed by atoms with van der Waals surface area (Å²) in [6.45, 7) is 3.76. The fourth-order valence-corrected chi connectivity index (χ4v) is 3.33. The van der Waals surface area contributed by atoms with Crippen LogP contribution in [0.3, 0.4) is 0 Å². The van der Waals surface area contributed by atoms with E-state index in [2.05, 4.69) is 12.2 Å². The molecule has 0 aromatic heterocycles. The number of carbonyl (C=O) groups is 1. The minimum atomic E-state index is -0.458. The number of carbonyl (C=O) groups excluding carboxylic acids is 1. The lowest BCUT2D eigenvalue weighted by Crippen LogP contribution is -2.27. The molecule has 1 saturated heterocycles. The van der Waals surface area contributed by atoms with Crippen LogP contribution in [0.15, 0.2) is 18.2 Å². The quantitative estimate of drug-likeness (QED) is 0.662. The summed E-state index contributed by atoms with van der Waals surface area (Å²) in [6.07, 6.45) is 4.37. The summed E-state index contributed by atoms with van der Waals surface area (Å²) in [4.78, 5) is 23.9. The van der Waals surface area contributed by atoms with Crippen LogP contribution in [0, 0.1) is 15.5 Å². The van der Waals surface area contributed by atoms with Gasteiger partial charge in [-0.1, -0.05) is 19.8 Å². The number of nitro groups is 1. The van der Waals surface area contributed by atoms with Crippen molar-refractivity contribution in [2.45, 2.75) is 32.6 Å². The van der Waals surface area contributed by atoms with E-state index in [1.807, 2.05) is 0 Å². The summed E-state index contributed by atoms with van der Waals surface area (Å²) in [5, 5.41) is 14.4. The molecule has 2 aliphatic rings. The number of nitrogens with zero attached hydrogens (tertiary/aromatic N) is 2. The summed E-state index contributed by atoms with van der Waals surface area (Å²) < 4.78 is 4.96. The SMILES string of the molecule is CC1(CNc2ccc([N+](=O)[O-])cc2N2CCOC2=O)CCCC1. The minimum absolute atomic E-state index is 0.0303. The van der Waals surface area contributed by atoms with E-state index < -0.39 is 11.0 Å². The van der Waals surface area contributed by atoms with E-state index in [9.17, 15) is 14.9 Å². The Bertz CT molecular complexity index is 626. The highest BCUT2D eigenvalue weighted by atomic mass is 16.6. The zero-order chi connectivity index (χ0) is 16.4. The second kappa shape index (κ2) is 6.06. The van der Waals surface area contributed by atoms with Crippen LogP contribution < -0.4 is 10.2 Å². The first-order chi connectivity index (χ1) is 11.0. The van der Waals surface area contributed by atoms with Crippen LogP contribution in [0.1, 0.15) is 32.6 Å². The number of nitro benzene ring substituents is 1. The number of ether oxygens (including phenoxy) is 1. The zero-order valence-corrected chi connectivity index (χ0v) is 13.2. The fraction of sp³-hybridized carbons (Fsp3) is 0.562. The van der Waals surface area contributed by atoms with E-state index >= 15 is 0 Å². The molecule has 1 aromatic rings. The maximum absolute atomic E-state index is 11.8. The number of hydrogen-bond donors (Lipinski definition) is 1. The monoisotopic (exact) mass is 319 g/mol. The third-order valence-corrected chi connectivity index (χ3v) is 4.76. The van der Waals surface area contributed by atoms with Crippen molar-refractivity contribution >= 4 is 23.2 Å². The van der Waals surface area contributed by atoms with Crippen molar-refractivity contribution in [1.82, 2.24) is 0 Å². The van der Waals surface area contributed by atoms with E-state index in [0.717, 1.165) is 12.2 Å². The molecular weight excluding hydrogens is 298 g/mol. The van der Waals surface area contributed by atoms with Gasteiger partial charge in [-0.05, 0) is 24.3 Å².